The molecule has 0 fully saturated rings. The third-order valence-electron chi connectivity index (χ3n) is 5.15. The fourth-order valence-corrected chi connectivity index (χ4v) is 3.61. The van der Waals surface area contributed by atoms with Crippen molar-refractivity contribution in [2.75, 3.05) is 13.7 Å². The molecule has 4 aromatic rings. The summed E-state index contributed by atoms with van der Waals surface area (Å²) in [4.78, 5) is 12.4. The van der Waals surface area contributed by atoms with Crippen LogP contribution in [0.15, 0.2) is 71.1 Å². The Morgan fingerprint density at radius 2 is 1.97 bits per heavy atom. The van der Waals surface area contributed by atoms with Gasteiger partial charge in [-0.2, -0.15) is 5.26 Å². The van der Waals surface area contributed by atoms with Gasteiger partial charge in [0.2, 0.25) is 0 Å². The second-order valence-electron chi connectivity index (χ2n) is 7.33. The van der Waals surface area contributed by atoms with E-state index in [9.17, 15) is 9.18 Å². The molecule has 0 aliphatic carbocycles. The number of nitriles is 1. The summed E-state index contributed by atoms with van der Waals surface area (Å²) in [5, 5.41) is 12.3. The Balaban J connectivity index is 1.63. The van der Waals surface area contributed by atoms with E-state index in [4.69, 9.17) is 14.4 Å². The molecule has 160 valence electrons. The molecule has 4 rings (SSSR count). The van der Waals surface area contributed by atoms with Gasteiger partial charge in [0.05, 0.1) is 19.6 Å². The molecule has 0 radical (unpaired) electrons. The van der Waals surface area contributed by atoms with Gasteiger partial charge >= 0.3 is 0 Å². The molecule has 1 amide bonds. The summed E-state index contributed by atoms with van der Waals surface area (Å²) in [6, 6.07) is 21.9. The van der Waals surface area contributed by atoms with Gasteiger partial charge in [-0.05, 0) is 41.5 Å². The van der Waals surface area contributed by atoms with Crippen LogP contribution in [-0.4, -0.2) is 19.6 Å². The van der Waals surface area contributed by atoms with Gasteiger partial charge in [-0.3, -0.25) is 4.79 Å². The lowest BCUT2D eigenvalue weighted by atomic mass is 10.0. The average Bonchev–Trinajstić information content (AvgIpc) is 3.22. The Labute approximate surface area is 185 Å². The molecule has 0 saturated carbocycles. The van der Waals surface area contributed by atoms with E-state index in [0.717, 1.165) is 22.1 Å². The van der Waals surface area contributed by atoms with Crippen molar-refractivity contribution in [3.05, 3.63) is 89.4 Å². The number of hydrogen-bond donors (Lipinski definition) is 1. The fraction of sp³-hybridized carbons (Fsp3) is 0.154. The van der Waals surface area contributed by atoms with Crippen molar-refractivity contribution in [3.63, 3.8) is 0 Å². The van der Waals surface area contributed by atoms with Gasteiger partial charge in [-0.25, -0.2) is 4.39 Å². The van der Waals surface area contributed by atoms with Gasteiger partial charge in [0.1, 0.15) is 11.3 Å². The number of furan rings is 1. The highest BCUT2D eigenvalue weighted by atomic mass is 19.1. The topological polar surface area (TPSA) is 75.3 Å². The Bertz CT molecular complexity index is 1320. The van der Waals surface area contributed by atoms with Crippen LogP contribution in [0.2, 0.25) is 0 Å². The SMILES string of the molecule is COc1ccc(Cc2cc3cccc(-c4cccc(C(=O)NCCC#N)c4)c3o2)cc1F. The van der Waals surface area contributed by atoms with Crippen LogP contribution in [0, 0.1) is 17.1 Å². The molecule has 0 unspecified atom stereocenters. The number of rotatable bonds is 7. The molecule has 3 aromatic carbocycles. The number of amides is 1. The zero-order chi connectivity index (χ0) is 22.5. The number of nitrogens with one attached hydrogen (secondary N) is 1. The van der Waals surface area contributed by atoms with Crippen LogP contribution >= 0.6 is 0 Å². The van der Waals surface area contributed by atoms with Gasteiger partial charge < -0.3 is 14.5 Å². The number of fused-ring (bicyclic) bond motifs is 1. The number of carbonyl (C=O) groups excluding carboxylic acids is 1. The number of hydrogen-bond acceptors (Lipinski definition) is 4. The first-order valence-corrected chi connectivity index (χ1v) is 10.2. The van der Waals surface area contributed by atoms with Crippen molar-refractivity contribution in [2.24, 2.45) is 0 Å². The molecule has 1 aromatic heterocycles. The molecule has 0 atom stereocenters. The molecule has 0 saturated heterocycles. The fourth-order valence-electron chi connectivity index (χ4n) is 3.61. The molecule has 32 heavy (non-hydrogen) atoms. The molecule has 1 heterocycles. The zero-order valence-electron chi connectivity index (χ0n) is 17.5. The van der Waals surface area contributed by atoms with Gasteiger partial charge in [-0.1, -0.05) is 36.4 Å². The van der Waals surface area contributed by atoms with Crippen LogP contribution in [0.5, 0.6) is 5.75 Å². The smallest absolute Gasteiger partial charge is 0.251 e. The Hall–Kier alpha value is -4.11. The highest BCUT2D eigenvalue weighted by molar-refractivity contribution is 5.98. The summed E-state index contributed by atoms with van der Waals surface area (Å²) < 4.78 is 25.2. The molecule has 0 spiro atoms. The summed E-state index contributed by atoms with van der Waals surface area (Å²) in [5.74, 6) is 0.280. The minimum atomic E-state index is -0.410. The first-order valence-electron chi connectivity index (χ1n) is 10.2. The second kappa shape index (κ2) is 9.36. The van der Waals surface area contributed by atoms with Crippen LogP contribution in [0.4, 0.5) is 4.39 Å². The summed E-state index contributed by atoms with van der Waals surface area (Å²) in [5.41, 5.74) is 3.71. The third-order valence-corrected chi connectivity index (χ3v) is 5.15. The van der Waals surface area contributed by atoms with Crippen LogP contribution < -0.4 is 10.1 Å². The van der Waals surface area contributed by atoms with Crippen LogP contribution in [0.1, 0.15) is 28.1 Å². The van der Waals surface area contributed by atoms with E-state index >= 15 is 0 Å². The van der Waals surface area contributed by atoms with Crippen LogP contribution in [0.3, 0.4) is 0 Å². The monoisotopic (exact) mass is 428 g/mol. The highest BCUT2D eigenvalue weighted by Crippen LogP contribution is 2.32. The number of methoxy groups -OCH3 is 1. The lowest BCUT2D eigenvalue weighted by Gasteiger charge is -2.07. The molecule has 6 heteroatoms. The molecular weight excluding hydrogens is 407 g/mol. The maximum atomic E-state index is 14.0. The number of halogens is 1. The minimum Gasteiger partial charge on any atom is -0.494 e. The zero-order valence-corrected chi connectivity index (χ0v) is 17.5. The molecule has 5 nitrogen and oxygen atoms in total. The number of carbonyl (C=O) groups is 1. The van der Waals surface area contributed by atoms with Crippen LogP contribution in [-0.2, 0) is 6.42 Å². The van der Waals surface area contributed by atoms with Crippen molar-refractivity contribution in [3.8, 4) is 22.9 Å². The first-order chi connectivity index (χ1) is 15.6. The third kappa shape index (κ3) is 4.47. The minimum absolute atomic E-state index is 0.206. The molecule has 0 bridgehead atoms. The van der Waals surface area contributed by atoms with Crippen LogP contribution in [0.25, 0.3) is 22.1 Å². The van der Waals surface area contributed by atoms with E-state index in [-0.39, 0.29) is 18.1 Å². The van der Waals surface area contributed by atoms with Gasteiger partial charge in [0, 0.05) is 29.5 Å². The van der Waals surface area contributed by atoms with E-state index in [1.54, 1.807) is 18.2 Å². The quantitative estimate of drug-likeness (QED) is 0.396. The number of ether oxygens (including phenoxy) is 1. The van der Waals surface area contributed by atoms with E-state index in [1.165, 1.54) is 13.2 Å². The first kappa shape index (κ1) is 21.1. The van der Waals surface area contributed by atoms with Gasteiger partial charge in [-0.15, -0.1) is 0 Å². The van der Waals surface area contributed by atoms with E-state index in [1.807, 2.05) is 48.5 Å². The highest BCUT2D eigenvalue weighted by Gasteiger charge is 2.13. The van der Waals surface area contributed by atoms with Crippen molar-refractivity contribution < 1.29 is 18.3 Å². The van der Waals surface area contributed by atoms with E-state index in [0.29, 0.717) is 29.9 Å². The van der Waals surface area contributed by atoms with Crippen molar-refractivity contribution in [1.82, 2.24) is 5.32 Å². The molecule has 0 aliphatic rings. The van der Waals surface area contributed by atoms with Crippen molar-refractivity contribution >= 4 is 16.9 Å². The predicted molar refractivity (Wildman–Crippen MR) is 120 cm³/mol. The van der Waals surface area contributed by atoms with Crippen molar-refractivity contribution in [1.29, 1.82) is 5.26 Å². The Kier molecular flexibility index (Phi) is 6.18. The van der Waals surface area contributed by atoms with E-state index in [2.05, 4.69) is 5.32 Å². The standard InChI is InChI=1S/C26H21FN2O3/c1-31-24-10-9-17(14-23(24)27)13-21-16-19-6-3-8-22(25(19)32-21)18-5-2-7-20(15-18)26(30)29-12-4-11-28/h2-3,5-10,14-16H,4,12-13H2,1H3,(H,29,30). The molecular formula is C26H21FN2O3. The normalized spacial score (nSPS) is 10.7. The molecule has 1 N–H and O–H groups in total. The lowest BCUT2D eigenvalue weighted by Crippen LogP contribution is -2.24. The van der Waals surface area contributed by atoms with Gasteiger partial charge in [0.15, 0.2) is 11.6 Å². The maximum Gasteiger partial charge on any atom is 0.251 e. The lowest BCUT2D eigenvalue weighted by molar-refractivity contribution is 0.0954. The van der Waals surface area contributed by atoms with Gasteiger partial charge in [0.25, 0.3) is 5.91 Å². The number of para-hydroxylation sites is 1. The largest absolute Gasteiger partial charge is 0.494 e. The Morgan fingerprint density at radius 3 is 2.75 bits per heavy atom. The summed E-state index contributed by atoms with van der Waals surface area (Å²) in [6.07, 6.45) is 0.703. The Morgan fingerprint density at radius 1 is 1.12 bits per heavy atom. The molecule has 0 aliphatic heterocycles. The summed E-state index contributed by atoms with van der Waals surface area (Å²) in [6.45, 7) is 0.308. The summed E-state index contributed by atoms with van der Waals surface area (Å²) >= 11 is 0. The maximum absolute atomic E-state index is 14.0. The van der Waals surface area contributed by atoms with E-state index < -0.39 is 5.82 Å². The number of nitrogens with zero attached hydrogens (tertiary/aromatic N) is 1. The van der Waals surface area contributed by atoms with Crippen molar-refractivity contribution in [2.45, 2.75) is 12.8 Å². The average molecular weight is 428 g/mol. The summed E-state index contributed by atoms with van der Waals surface area (Å²) in [7, 11) is 1.43. The predicted octanol–water partition coefficient (Wildman–Crippen LogP) is 5.48. The number of benzene rings is 3. The second-order valence-corrected chi connectivity index (χ2v) is 7.33.